The lowest BCUT2D eigenvalue weighted by atomic mass is 9.87. The van der Waals surface area contributed by atoms with Crippen molar-refractivity contribution in [1.29, 1.82) is 0 Å². The van der Waals surface area contributed by atoms with E-state index in [-0.39, 0.29) is 18.1 Å². The summed E-state index contributed by atoms with van der Waals surface area (Å²) in [6.07, 6.45) is 6.79. The van der Waals surface area contributed by atoms with E-state index in [2.05, 4.69) is 17.0 Å². The fourth-order valence-corrected chi connectivity index (χ4v) is 4.91. The van der Waals surface area contributed by atoms with Gasteiger partial charge in [-0.2, -0.15) is 5.10 Å². The van der Waals surface area contributed by atoms with Gasteiger partial charge in [-0.15, -0.1) is 0 Å². The molecule has 1 aliphatic carbocycles. The molecule has 0 spiro atoms. The van der Waals surface area contributed by atoms with Crippen molar-refractivity contribution < 1.29 is 23.8 Å². The van der Waals surface area contributed by atoms with Crippen LogP contribution in [0.15, 0.2) is 47.6 Å². The number of hydrogen-bond acceptors (Lipinski definition) is 7. The number of benzene rings is 2. The molecule has 0 bridgehead atoms. The molecule has 2 aromatic carbocycles. The van der Waals surface area contributed by atoms with Gasteiger partial charge in [0.2, 0.25) is 0 Å². The van der Waals surface area contributed by atoms with Crippen molar-refractivity contribution in [3.63, 3.8) is 0 Å². The summed E-state index contributed by atoms with van der Waals surface area (Å²) in [5, 5.41) is 9.50. The number of hydrazone groups is 1. The van der Waals surface area contributed by atoms with E-state index in [4.69, 9.17) is 14.6 Å². The second-order valence-electron chi connectivity index (χ2n) is 9.33. The second-order valence-corrected chi connectivity index (χ2v) is 9.33. The van der Waals surface area contributed by atoms with E-state index in [0.29, 0.717) is 18.7 Å². The molecule has 2 atom stereocenters. The van der Waals surface area contributed by atoms with Crippen molar-refractivity contribution in [2.75, 3.05) is 19.5 Å². The molecular weight excluding hydrogens is 458 g/mol. The molecular formula is C28H35N3O5. The standard InChI is InChI=1S/C28H35N3O5/c1-4-20-15-23(18-32)31(17-19-9-12-22(13-10-19)29-28(33)35-3)30-27(20)21-11-14-25(34-2)26(16-21)36-24-7-5-6-8-24/h9-14,16,18,20,23-24H,4-8,15,17H2,1-3H3,(H,29,33). The number of nitrogens with one attached hydrogen (secondary N) is 1. The van der Waals surface area contributed by atoms with Crippen LogP contribution in [0.4, 0.5) is 10.5 Å². The highest BCUT2D eigenvalue weighted by molar-refractivity contribution is 6.03. The molecule has 1 saturated carbocycles. The molecule has 2 aliphatic rings. The molecule has 1 fully saturated rings. The van der Waals surface area contributed by atoms with E-state index >= 15 is 0 Å². The zero-order valence-corrected chi connectivity index (χ0v) is 21.2. The summed E-state index contributed by atoms with van der Waals surface area (Å²) in [5.41, 5.74) is 3.57. The Hall–Kier alpha value is -3.55. The lowest BCUT2D eigenvalue weighted by molar-refractivity contribution is -0.113. The third-order valence-electron chi connectivity index (χ3n) is 6.97. The van der Waals surface area contributed by atoms with Crippen molar-refractivity contribution in [1.82, 2.24) is 5.01 Å². The van der Waals surface area contributed by atoms with Crippen LogP contribution in [0.5, 0.6) is 11.5 Å². The first kappa shape index (κ1) is 25.5. The maximum absolute atomic E-state index is 12.0. The number of carbonyl (C=O) groups is 2. The number of aldehydes is 1. The molecule has 1 amide bonds. The number of nitrogens with zero attached hydrogens (tertiary/aromatic N) is 2. The first-order valence-electron chi connectivity index (χ1n) is 12.6. The first-order valence-corrected chi connectivity index (χ1v) is 12.6. The Morgan fingerprint density at radius 3 is 2.50 bits per heavy atom. The van der Waals surface area contributed by atoms with Crippen LogP contribution in [0, 0.1) is 5.92 Å². The molecule has 36 heavy (non-hydrogen) atoms. The molecule has 192 valence electrons. The van der Waals surface area contributed by atoms with Crippen molar-refractivity contribution in [3.8, 4) is 11.5 Å². The fraction of sp³-hybridized carbons (Fsp3) is 0.464. The molecule has 4 rings (SSSR count). The Morgan fingerprint density at radius 1 is 1.11 bits per heavy atom. The van der Waals surface area contributed by atoms with E-state index in [1.807, 2.05) is 47.5 Å². The summed E-state index contributed by atoms with van der Waals surface area (Å²) < 4.78 is 16.5. The monoisotopic (exact) mass is 493 g/mol. The zero-order valence-electron chi connectivity index (χ0n) is 21.2. The third-order valence-corrected chi connectivity index (χ3v) is 6.97. The largest absolute Gasteiger partial charge is 0.493 e. The molecule has 0 aromatic heterocycles. The molecule has 1 N–H and O–H groups in total. The van der Waals surface area contributed by atoms with Gasteiger partial charge in [-0.25, -0.2) is 4.79 Å². The third kappa shape index (κ3) is 5.98. The lowest BCUT2D eigenvalue weighted by Crippen LogP contribution is -2.41. The second kappa shape index (κ2) is 11.9. The average Bonchev–Trinajstić information content (AvgIpc) is 3.42. The number of hydrogen-bond donors (Lipinski definition) is 1. The Bertz CT molecular complexity index is 1080. The van der Waals surface area contributed by atoms with Crippen molar-refractivity contribution in [2.45, 2.75) is 64.1 Å². The topological polar surface area (TPSA) is 89.5 Å². The average molecular weight is 494 g/mol. The minimum absolute atomic E-state index is 0.163. The number of ether oxygens (including phenoxy) is 3. The predicted molar refractivity (Wildman–Crippen MR) is 139 cm³/mol. The Labute approximate surface area is 212 Å². The first-order chi connectivity index (χ1) is 17.5. The molecule has 1 aliphatic heterocycles. The molecule has 2 unspecified atom stereocenters. The smallest absolute Gasteiger partial charge is 0.411 e. The van der Waals surface area contributed by atoms with Gasteiger partial charge in [0.25, 0.3) is 0 Å². The summed E-state index contributed by atoms with van der Waals surface area (Å²) in [7, 11) is 2.98. The number of carbonyl (C=O) groups excluding carboxylic acids is 2. The Kier molecular flexibility index (Phi) is 8.46. The fourth-order valence-electron chi connectivity index (χ4n) is 4.91. The van der Waals surface area contributed by atoms with Gasteiger partial charge in [0.15, 0.2) is 11.5 Å². The van der Waals surface area contributed by atoms with Gasteiger partial charge in [-0.1, -0.05) is 19.1 Å². The van der Waals surface area contributed by atoms with Crippen LogP contribution in [0.25, 0.3) is 0 Å². The summed E-state index contributed by atoms with van der Waals surface area (Å²) in [6, 6.07) is 13.1. The van der Waals surface area contributed by atoms with E-state index in [1.165, 1.54) is 20.0 Å². The maximum Gasteiger partial charge on any atom is 0.411 e. The van der Waals surface area contributed by atoms with Crippen LogP contribution in [0.1, 0.15) is 56.6 Å². The van der Waals surface area contributed by atoms with Gasteiger partial charge in [-0.3, -0.25) is 10.3 Å². The highest BCUT2D eigenvalue weighted by Crippen LogP contribution is 2.35. The van der Waals surface area contributed by atoms with Crippen LogP contribution in [-0.2, 0) is 16.1 Å². The lowest BCUT2D eigenvalue weighted by Gasteiger charge is -2.35. The minimum atomic E-state index is -0.518. The zero-order chi connectivity index (χ0) is 25.5. The van der Waals surface area contributed by atoms with E-state index in [1.54, 1.807) is 7.11 Å². The highest BCUT2D eigenvalue weighted by atomic mass is 16.5. The van der Waals surface area contributed by atoms with Gasteiger partial charge >= 0.3 is 6.09 Å². The predicted octanol–water partition coefficient (Wildman–Crippen LogP) is 5.40. The minimum Gasteiger partial charge on any atom is -0.493 e. The Balaban J connectivity index is 1.60. The van der Waals surface area contributed by atoms with Crippen LogP contribution < -0.4 is 14.8 Å². The van der Waals surface area contributed by atoms with Gasteiger partial charge < -0.3 is 19.0 Å². The van der Waals surface area contributed by atoms with E-state index in [0.717, 1.165) is 53.9 Å². The summed E-state index contributed by atoms with van der Waals surface area (Å²) in [6.45, 7) is 2.60. The normalized spacial score (nSPS) is 20.0. The molecule has 8 nitrogen and oxygen atoms in total. The van der Waals surface area contributed by atoms with Crippen LogP contribution in [-0.4, -0.2) is 49.5 Å². The van der Waals surface area contributed by atoms with Gasteiger partial charge in [0.05, 0.1) is 32.6 Å². The van der Waals surface area contributed by atoms with Gasteiger partial charge in [0.1, 0.15) is 12.3 Å². The molecule has 1 heterocycles. The number of rotatable bonds is 9. The Morgan fingerprint density at radius 2 is 1.86 bits per heavy atom. The highest BCUT2D eigenvalue weighted by Gasteiger charge is 2.31. The number of amides is 1. The quantitative estimate of drug-likeness (QED) is 0.471. The molecule has 0 saturated heterocycles. The van der Waals surface area contributed by atoms with E-state index in [9.17, 15) is 9.59 Å². The molecule has 0 radical (unpaired) electrons. The summed E-state index contributed by atoms with van der Waals surface area (Å²) in [5.74, 6) is 1.63. The SMILES string of the molecule is CCC1CC(C=O)N(Cc2ccc(NC(=O)OC)cc2)N=C1c1ccc(OC)c(OC2CCCC2)c1. The molecule has 2 aromatic rings. The summed E-state index contributed by atoms with van der Waals surface area (Å²) >= 11 is 0. The van der Waals surface area contributed by atoms with Gasteiger partial charge in [0, 0.05) is 17.2 Å². The van der Waals surface area contributed by atoms with Crippen LogP contribution in [0.3, 0.4) is 0 Å². The van der Waals surface area contributed by atoms with Crippen molar-refractivity contribution in [2.24, 2.45) is 11.0 Å². The van der Waals surface area contributed by atoms with E-state index < -0.39 is 6.09 Å². The number of anilines is 1. The van der Waals surface area contributed by atoms with Crippen LogP contribution >= 0.6 is 0 Å². The maximum atomic E-state index is 12.0. The summed E-state index contributed by atoms with van der Waals surface area (Å²) in [4.78, 5) is 23.4. The molecule has 8 heteroatoms. The van der Waals surface area contributed by atoms with Gasteiger partial charge in [-0.05, 0) is 74.4 Å². The van der Waals surface area contributed by atoms with Crippen molar-refractivity contribution in [3.05, 3.63) is 53.6 Å². The number of methoxy groups -OCH3 is 2. The van der Waals surface area contributed by atoms with Crippen molar-refractivity contribution >= 4 is 23.8 Å². The van der Waals surface area contributed by atoms with Crippen LogP contribution in [0.2, 0.25) is 0 Å².